The number of nitrogens with one attached hydrogen (secondary N) is 1. The maximum Gasteiger partial charge on any atom is 0.207 e. The quantitative estimate of drug-likeness (QED) is 0.453. The highest BCUT2D eigenvalue weighted by Crippen LogP contribution is 2.49. The van der Waals surface area contributed by atoms with Crippen LogP contribution < -0.4 is 10.1 Å². The zero-order valence-corrected chi connectivity index (χ0v) is 17.9. The summed E-state index contributed by atoms with van der Waals surface area (Å²) in [6.45, 7) is 4.23. The van der Waals surface area contributed by atoms with Crippen LogP contribution in [0.3, 0.4) is 0 Å². The Bertz CT molecular complexity index is 1010. The van der Waals surface area contributed by atoms with Gasteiger partial charge < -0.3 is 14.6 Å². The van der Waals surface area contributed by atoms with Crippen molar-refractivity contribution in [2.75, 3.05) is 25.2 Å². The van der Waals surface area contributed by atoms with Crippen molar-refractivity contribution in [1.82, 2.24) is 9.97 Å². The monoisotopic (exact) mass is 411 g/mol. The van der Waals surface area contributed by atoms with Crippen molar-refractivity contribution in [2.24, 2.45) is 0 Å². The summed E-state index contributed by atoms with van der Waals surface area (Å²) in [5, 5.41) is 3.31. The lowest BCUT2D eigenvalue weighted by atomic mass is 10.1. The third kappa shape index (κ3) is 5.43. The molecule has 1 atom stereocenters. The van der Waals surface area contributed by atoms with Crippen LogP contribution in [0.25, 0.3) is 11.3 Å². The largest absolute Gasteiger partial charge is 0.496 e. The first-order valence-corrected chi connectivity index (χ1v) is 11.6. The molecule has 2 aromatic carbocycles. The topological polar surface area (TPSA) is 73.3 Å². The van der Waals surface area contributed by atoms with Gasteiger partial charge in [-0.2, -0.15) is 0 Å². The van der Waals surface area contributed by atoms with Gasteiger partial charge in [-0.25, -0.2) is 9.97 Å². The summed E-state index contributed by atoms with van der Waals surface area (Å²) in [6.07, 6.45) is 2.46. The van der Waals surface area contributed by atoms with E-state index >= 15 is 0 Å². The van der Waals surface area contributed by atoms with E-state index in [0.29, 0.717) is 24.7 Å². The van der Waals surface area contributed by atoms with Gasteiger partial charge in [-0.05, 0) is 36.8 Å². The maximum absolute atomic E-state index is 12.8. The molecule has 0 radical (unpaired) electrons. The van der Waals surface area contributed by atoms with E-state index < -0.39 is 7.37 Å². The van der Waals surface area contributed by atoms with E-state index in [4.69, 9.17) is 9.26 Å². The average molecular weight is 411 g/mol. The van der Waals surface area contributed by atoms with Crippen molar-refractivity contribution in [3.05, 3.63) is 66.5 Å². The second-order valence-corrected chi connectivity index (χ2v) is 9.36. The molecular formula is C22H26N3O3P. The van der Waals surface area contributed by atoms with E-state index in [0.717, 1.165) is 28.3 Å². The van der Waals surface area contributed by atoms with Crippen molar-refractivity contribution < 1.29 is 13.8 Å². The number of aromatic nitrogens is 2. The highest BCUT2D eigenvalue weighted by Gasteiger charge is 2.20. The minimum atomic E-state index is -2.65. The molecule has 0 aliphatic carbocycles. The van der Waals surface area contributed by atoms with E-state index in [9.17, 15) is 4.57 Å². The van der Waals surface area contributed by atoms with Gasteiger partial charge in [0.2, 0.25) is 7.37 Å². The lowest BCUT2D eigenvalue weighted by Crippen LogP contribution is -1.99. The summed E-state index contributed by atoms with van der Waals surface area (Å²) in [7, 11) is -1.01. The van der Waals surface area contributed by atoms with Crippen molar-refractivity contribution in [3.8, 4) is 17.0 Å². The van der Waals surface area contributed by atoms with Crippen LogP contribution in [0.2, 0.25) is 0 Å². The van der Waals surface area contributed by atoms with E-state index in [-0.39, 0.29) is 0 Å². The van der Waals surface area contributed by atoms with Crippen molar-refractivity contribution in [1.29, 1.82) is 0 Å². The Kier molecular flexibility index (Phi) is 7.02. The highest BCUT2D eigenvalue weighted by molar-refractivity contribution is 7.58. The number of anilines is 2. The number of ether oxygens (including phenoxy) is 1. The number of methoxy groups -OCH3 is 1. The predicted octanol–water partition coefficient (Wildman–Crippen LogP) is 5.73. The summed E-state index contributed by atoms with van der Waals surface area (Å²) in [6, 6.07) is 17.4. The lowest BCUT2D eigenvalue weighted by Gasteiger charge is -2.16. The number of benzene rings is 2. The van der Waals surface area contributed by atoms with Gasteiger partial charge in [0, 0.05) is 29.6 Å². The normalized spacial score (nSPS) is 12.9. The standard InChI is InChI=1S/C22H26N3O3P/c1-4-28-29(26,5-2)15-17-9-8-10-18(13-17)25-22-14-20(23-16-24-22)19-11-6-7-12-21(19)27-3/h6-14,16H,4-5,15H2,1-3H3,(H,23,24,25). The summed E-state index contributed by atoms with van der Waals surface area (Å²) in [4.78, 5) is 8.70. The molecule has 0 saturated heterocycles. The highest BCUT2D eigenvalue weighted by atomic mass is 31.2. The molecule has 0 fully saturated rings. The smallest absolute Gasteiger partial charge is 0.207 e. The van der Waals surface area contributed by atoms with Gasteiger partial charge in [0.05, 0.1) is 19.4 Å². The molecule has 1 unspecified atom stereocenters. The third-order valence-electron chi connectivity index (χ3n) is 4.52. The van der Waals surface area contributed by atoms with Crippen LogP contribution >= 0.6 is 7.37 Å². The molecule has 1 aromatic heterocycles. The predicted molar refractivity (Wildman–Crippen MR) is 117 cm³/mol. The molecule has 6 nitrogen and oxygen atoms in total. The zero-order chi connectivity index (χ0) is 20.7. The summed E-state index contributed by atoms with van der Waals surface area (Å²) >= 11 is 0. The van der Waals surface area contributed by atoms with E-state index in [1.54, 1.807) is 7.11 Å². The van der Waals surface area contributed by atoms with Crippen LogP contribution in [-0.2, 0) is 15.3 Å². The van der Waals surface area contributed by atoms with Crippen LogP contribution in [0.1, 0.15) is 19.4 Å². The van der Waals surface area contributed by atoms with E-state index in [1.165, 1.54) is 6.33 Å². The molecule has 7 heteroatoms. The summed E-state index contributed by atoms with van der Waals surface area (Å²) in [5.41, 5.74) is 3.50. The molecule has 152 valence electrons. The number of hydrogen-bond acceptors (Lipinski definition) is 6. The molecule has 1 heterocycles. The molecule has 1 N–H and O–H groups in total. The SMILES string of the molecule is CCOP(=O)(CC)Cc1cccc(Nc2cc(-c3ccccc3OC)ncn2)c1. The number of para-hydroxylation sites is 1. The molecule has 3 rings (SSSR count). The fraction of sp³-hybridized carbons (Fsp3) is 0.273. The van der Waals surface area contributed by atoms with Crippen molar-refractivity contribution in [2.45, 2.75) is 20.0 Å². The Morgan fingerprint density at radius 1 is 1.03 bits per heavy atom. The van der Waals surface area contributed by atoms with Gasteiger partial charge in [0.1, 0.15) is 17.9 Å². The molecule has 0 spiro atoms. The molecule has 0 bridgehead atoms. The number of nitrogens with zero attached hydrogens (tertiary/aromatic N) is 2. The molecule has 0 aliphatic heterocycles. The van der Waals surface area contributed by atoms with Gasteiger partial charge in [-0.1, -0.05) is 31.2 Å². The van der Waals surface area contributed by atoms with Gasteiger partial charge in [0.25, 0.3) is 0 Å². The van der Waals surface area contributed by atoms with Crippen LogP contribution in [0.4, 0.5) is 11.5 Å². The number of hydrogen-bond donors (Lipinski definition) is 1. The minimum absolute atomic E-state index is 0.420. The molecule has 29 heavy (non-hydrogen) atoms. The fourth-order valence-electron chi connectivity index (χ4n) is 3.09. The zero-order valence-electron chi connectivity index (χ0n) is 17.0. The number of rotatable bonds is 9. The van der Waals surface area contributed by atoms with Crippen molar-refractivity contribution >= 4 is 18.9 Å². The van der Waals surface area contributed by atoms with Gasteiger partial charge in [-0.3, -0.25) is 4.57 Å². The van der Waals surface area contributed by atoms with Crippen LogP contribution in [0.5, 0.6) is 5.75 Å². The Hall–Kier alpha value is -2.69. The van der Waals surface area contributed by atoms with E-state index in [2.05, 4.69) is 15.3 Å². The van der Waals surface area contributed by atoms with E-state index in [1.807, 2.05) is 68.4 Å². The lowest BCUT2D eigenvalue weighted by molar-refractivity contribution is 0.333. The van der Waals surface area contributed by atoms with Gasteiger partial charge >= 0.3 is 0 Å². The summed E-state index contributed by atoms with van der Waals surface area (Å²) in [5.74, 6) is 1.42. The Labute approximate surface area is 171 Å². The Morgan fingerprint density at radius 2 is 1.86 bits per heavy atom. The second kappa shape index (κ2) is 9.68. The molecule has 0 aliphatic rings. The van der Waals surface area contributed by atoms with Crippen molar-refractivity contribution in [3.63, 3.8) is 0 Å². The summed E-state index contributed by atoms with van der Waals surface area (Å²) < 4.78 is 23.8. The maximum atomic E-state index is 12.8. The second-order valence-electron chi connectivity index (χ2n) is 6.52. The first-order chi connectivity index (χ1) is 14.1. The third-order valence-corrected chi connectivity index (χ3v) is 7.06. The first kappa shape index (κ1) is 21.0. The average Bonchev–Trinajstić information content (AvgIpc) is 2.74. The van der Waals surface area contributed by atoms with Crippen LogP contribution in [-0.4, -0.2) is 29.8 Å². The van der Waals surface area contributed by atoms with Gasteiger partial charge in [0.15, 0.2) is 0 Å². The molecule has 0 saturated carbocycles. The fourth-order valence-corrected chi connectivity index (χ4v) is 4.81. The van der Waals surface area contributed by atoms with Gasteiger partial charge in [-0.15, -0.1) is 0 Å². The Balaban J connectivity index is 1.81. The first-order valence-electron chi connectivity index (χ1n) is 9.61. The Morgan fingerprint density at radius 3 is 2.62 bits per heavy atom. The van der Waals surface area contributed by atoms with Crippen LogP contribution in [0, 0.1) is 0 Å². The molecular weight excluding hydrogens is 385 g/mol. The molecule has 3 aromatic rings. The molecule has 0 amide bonds. The minimum Gasteiger partial charge on any atom is -0.496 e. The van der Waals surface area contributed by atoms with Crippen LogP contribution in [0.15, 0.2) is 60.9 Å².